The molecule has 4 unspecified atom stereocenters. The molecule has 0 saturated carbocycles. The van der Waals surface area contributed by atoms with E-state index < -0.39 is 24.1 Å². The summed E-state index contributed by atoms with van der Waals surface area (Å²) >= 11 is 0. The molecule has 3 N–H and O–H groups in total. The molecule has 0 aliphatic carbocycles. The van der Waals surface area contributed by atoms with Gasteiger partial charge in [0.15, 0.2) is 29.7 Å². The summed E-state index contributed by atoms with van der Waals surface area (Å²) in [6, 6.07) is 14.0. The molecule has 1 heterocycles. The first-order valence-corrected chi connectivity index (χ1v) is 19.8. The van der Waals surface area contributed by atoms with Gasteiger partial charge in [0.2, 0.25) is 0 Å². The standard InChI is InChI=1S/C44H57N3O9/c1-8-12-14-30(10-3)25-53-43(51)28(6)55-32-17-20-35(38(49)23-32)41-45-40(34-19-16-27(5)22-37(34)48)46-42(47-41)36-21-18-33(24-39(36)50)56-29(7)44(52)54-26-31(11-4)15-13-9-2/h16-24,28-31,48-50H,8-15,25-26H2,1-7H3. The molecular weight excluding hydrogens is 714 g/mol. The van der Waals surface area contributed by atoms with E-state index in [1.54, 1.807) is 56.3 Å². The molecule has 12 nitrogen and oxygen atoms in total. The van der Waals surface area contributed by atoms with Crippen molar-refractivity contribution < 1.29 is 43.9 Å². The van der Waals surface area contributed by atoms with Crippen LogP contribution in [0.4, 0.5) is 0 Å². The van der Waals surface area contributed by atoms with Gasteiger partial charge < -0.3 is 34.3 Å². The number of rotatable bonds is 21. The van der Waals surface area contributed by atoms with Crippen molar-refractivity contribution in [3.05, 3.63) is 60.2 Å². The number of esters is 2. The molecule has 3 aromatic carbocycles. The average Bonchev–Trinajstić information content (AvgIpc) is 3.17. The van der Waals surface area contributed by atoms with Gasteiger partial charge in [0, 0.05) is 12.1 Å². The minimum Gasteiger partial charge on any atom is -0.507 e. The van der Waals surface area contributed by atoms with Gasteiger partial charge in [0.05, 0.1) is 29.9 Å². The second kappa shape index (κ2) is 21.1. The molecule has 0 aliphatic heterocycles. The number of ether oxygens (including phenoxy) is 4. The minimum absolute atomic E-state index is 0.0413. The Labute approximate surface area is 330 Å². The highest BCUT2D eigenvalue weighted by atomic mass is 16.6. The molecule has 0 saturated heterocycles. The van der Waals surface area contributed by atoms with Crippen molar-refractivity contribution in [2.24, 2.45) is 11.8 Å². The van der Waals surface area contributed by atoms with Crippen LogP contribution in [-0.2, 0) is 19.1 Å². The lowest BCUT2D eigenvalue weighted by Gasteiger charge is -2.18. The fraction of sp³-hybridized carbons (Fsp3) is 0.477. The van der Waals surface area contributed by atoms with E-state index in [-0.39, 0.29) is 69.2 Å². The van der Waals surface area contributed by atoms with Crippen LogP contribution in [0.1, 0.15) is 98.5 Å². The molecule has 12 heteroatoms. The normalized spacial score (nSPS) is 13.3. The number of benzene rings is 3. The van der Waals surface area contributed by atoms with Crippen molar-refractivity contribution in [1.29, 1.82) is 0 Å². The Hall–Kier alpha value is -5.39. The number of carbonyl (C=O) groups excluding carboxylic acids is 2. The first kappa shape index (κ1) is 43.3. The Morgan fingerprint density at radius 1 is 0.589 bits per heavy atom. The van der Waals surface area contributed by atoms with E-state index in [1.807, 2.05) is 6.92 Å². The van der Waals surface area contributed by atoms with Crippen LogP contribution < -0.4 is 9.47 Å². The first-order valence-electron chi connectivity index (χ1n) is 19.8. The molecule has 302 valence electrons. The Kier molecular flexibility index (Phi) is 16.3. The van der Waals surface area contributed by atoms with Gasteiger partial charge in [-0.25, -0.2) is 24.5 Å². The van der Waals surface area contributed by atoms with E-state index >= 15 is 0 Å². The van der Waals surface area contributed by atoms with Gasteiger partial charge in [0.25, 0.3) is 0 Å². The van der Waals surface area contributed by atoms with E-state index in [0.717, 1.165) is 56.9 Å². The molecule has 0 fully saturated rings. The van der Waals surface area contributed by atoms with Gasteiger partial charge in [-0.1, -0.05) is 72.3 Å². The summed E-state index contributed by atoms with van der Waals surface area (Å²) in [5.41, 5.74) is 1.54. The van der Waals surface area contributed by atoms with Crippen molar-refractivity contribution in [1.82, 2.24) is 15.0 Å². The number of phenolic OH excluding ortho intramolecular Hbond substituents is 3. The molecule has 0 amide bonds. The van der Waals surface area contributed by atoms with E-state index in [1.165, 1.54) is 12.1 Å². The fourth-order valence-electron chi connectivity index (χ4n) is 6.05. The molecular formula is C44H57N3O9. The van der Waals surface area contributed by atoms with Crippen LogP contribution in [-0.4, -0.2) is 67.6 Å². The Bertz CT molecular complexity index is 1810. The fourth-order valence-corrected chi connectivity index (χ4v) is 6.05. The molecule has 0 bridgehead atoms. The summed E-state index contributed by atoms with van der Waals surface area (Å²) in [7, 11) is 0. The summed E-state index contributed by atoms with van der Waals surface area (Å²) < 4.78 is 22.7. The zero-order chi connectivity index (χ0) is 40.8. The second-order valence-electron chi connectivity index (χ2n) is 14.3. The predicted octanol–water partition coefficient (Wildman–Crippen LogP) is 9.35. The lowest BCUT2D eigenvalue weighted by Crippen LogP contribution is -2.28. The molecule has 4 rings (SSSR count). The van der Waals surface area contributed by atoms with Crippen molar-refractivity contribution >= 4 is 11.9 Å². The van der Waals surface area contributed by atoms with Gasteiger partial charge in [-0.05, 0) is 87.4 Å². The number of aromatic hydroxyl groups is 3. The average molecular weight is 772 g/mol. The zero-order valence-corrected chi connectivity index (χ0v) is 33.7. The van der Waals surface area contributed by atoms with Crippen LogP contribution >= 0.6 is 0 Å². The Morgan fingerprint density at radius 2 is 0.964 bits per heavy atom. The van der Waals surface area contributed by atoms with Gasteiger partial charge in [-0.2, -0.15) is 0 Å². The van der Waals surface area contributed by atoms with Crippen molar-refractivity contribution in [2.45, 2.75) is 112 Å². The van der Waals surface area contributed by atoms with Crippen molar-refractivity contribution in [3.8, 4) is 62.9 Å². The molecule has 0 aliphatic rings. The van der Waals surface area contributed by atoms with Crippen LogP contribution in [0.3, 0.4) is 0 Å². The molecule has 1 aromatic heterocycles. The number of phenols is 3. The van der Waals surface area contributed by atoms with Crippen LogP contribution in [0.25, 0.3) is 34.2 Å². The predicted molar refractivity (Wildman–Crippen MR) is 215 cm³/mol. The van der Waals surface area contributed by atoms with E-state index in [4.69, 9.17) is 18.9 Å². The number of aromatic nitrogens is 3. The molecule has 4 aromatic rings. The molecule has 56 heavy (non-hydrogen) atoms. The van der Waals surface area contributed by atoms with Crippen LogP contribution in [0.15, 0.2) is 54.6 Å². The van der Waals surface area contributed by atoms with Crippen LogP contribution in [0.2, 0.25) is 0 Å². The lowest BCUT2D eigenvalue weighted by molar-refractivity contribution is -0.153. The number of hydrogen-bond acceptors (Lipinski definition) is 12. The maximum atomic E-state index is 12.7. The summed E-state index contributed by atoms with van der Waals surface area (Å²) in [4.78, 5) is 39.2. The van der Waals surface area contributed by atoms with Crippen molar-refractivity contribution in [2.75, 3.05) is 13.2 Å². The maximum Gasteiger partial charge on any atom is 0.347 e. The highest BCUT2D eigenvalue weighted by molar-refractivity contribution is 5.77. The zero-order valence-electron chi connectivity index (χ0n) is 33.7. The molecule has 0 radical (unpaired) electrons. The molecule has 0 spiro atoms. The van der Waals surface area contributed by atoms with E-state index in [2.05, 4.69) is 42.6 Å². The van der Waals surface area contributed by atoms with Crippen LogP contribution in [0.5, 0.6) is 28.7 Å². The SMILES string of the molecule is CCCCC(CC)COC(=O)C(C)Oc1ccc(-c2nc(-c3ccc(C)cc3O)nc(-c3ccc(OC(C)C(=O)OCC(CC)CCCC)cc3O)n2)c(O)c1. The van der Waals surface area contributed by atoms with Gasteiger partial charge in [0.1, 0.15) is 28.7 Å². The number of nitrogens with zero attached hydrogens (tertiary/aromatic N) is 3. The van der Waals surface area contributed by atoms with E-state index in [0.29, 0.717) is 18.8 Å². The quantitative estimate of drug-likeness (QED) is 0.0687. The smallest absolute Gasteiger partial charge is 0.347 e. The third-order valence-corrected chi connectivity index (χ3v) is 9.75. The number of unbranched alkanes of at least 4 members (excludes halogenated alkanes) is 2. The third kappa shape index (κ3) is 12.1. The highest BCUT2D eigenvalue weighted by Crippen LogP contribution is 2.37. The highest BCUT2D eigenvalue weighted by Gasteiger charge is 2.23. The van der Waals surface area contributed by atoms with E-state index in [9.17, 15) is 24.9 Å². The summed E-state index contributed by atoms with van der Waals surface area (Å²) in [5, 5.41) is 33.2. The monoisotopic (exact) mass is 771 g/mol. The summed E-state index contributed by atoms with van der Waals surface area (Å²) in [6.45, 7) is 14.1. The van der Waals surface area contributed by atoms with Crippen LogP contribution in [0, 0.1) is 18.8 Å². The van der Waals surface area contributed by atoms with Crippen molar-refractivity contribution in [3.63, 3.8) is 0 Å². The third-order valence-electron chi connectivity index (χ3n) is 9.75. The lowest BCUT2D eigenvalue weighted by atomic mass is 10.0. The van der Waals surface area contributed by atoms with Gasteiger partial charge in [-0.3, -0.25) is 0 Å². The number of carbonyl (C=O) groups is 2. The number of aryl methyl sites for hydroxylation is 1. The Morgan fingerprint density at radius 3 is 1.30 bits per heavy atom. The van der Waals surface area contributed by atoms with Gasteiger partial charge in [-0.15, -0.1) is 0 Å². The summed E-state index contributed by atoms with van der Waals surface area (Å²) in [6.07, 6.45) is 6.27. The maximum absolute atomic E-state index is 12.7. The Balaban J connectivity index is 1.58. The van der Waals surface area contributed by atoms with Gasteiger partial charge >= 0.3 is 11.9 Å². The summed E-state index contributed by atoms with van der Waals surface area (Å²) in [5.74, 6) is -0.341. The minimum atomic E-state index is -0.920. The topological polar surface area (TPSA) is 170 Å². The first-order chi connectivity index (χ1) is 26.9. The molecule has 4 atom stereocenters. The largest absolute Gasteiger partial charge is 0.507 e. The number of hydrogen-bond donors (Lipinski definition) is 3. The second-order valence-corrected chi connectivity index (χ2v) is 14.3.